The van der Waals surface area contributed by atoms with Crippen molar-refractivity contribution in [1.82, 2.24) is 10.2 Å². The van der Waals surface area contributed by atoms with Crippen molar-refractivity contribution in [2.24, 2.45) is 0 Å². The molecule has 0 aromatic heterocycles. The van der Waals surface area contributed by atoms with Gasteiger partial charge in [0.2, 0.25) is 0 Å². The van der Waals surface area contributed by atoms with E-state index in [-0.39, 0.29) is 13.0 Å². The van der Waals surface area contributed by atoms with E-state index in [0.29, 0.717) is 0 Å². The molecule has 12 heavy (non-hydrogen) atoms. The normalized spacial score (nSPS) is 19.2. The molecule has 3 amide bonds. The largest absolute Gasteiger partial charge is 0.373 e. The number of urea groups is 1. The van der Waals surface area contributed by atoms with Crippen LogP contribution in [-0.2, 0) is 4.79 Å². The molecular weight excluding hydrogens is 160 g/mol. The lowest BCUT2D eigenvalue weighted by Gasteiger charge is -2.17. The van der Waals surface area contributed by atoms with E-state index in [1.54, 1.807) is 0 Å². The number of amides is 3. The molecule has 1 heterocycles. The van der Waals surface area contributed by atoms with Crippen molar-refractivity contribution in [3.05, 3.63) is 12.7 Å². The molecule has 0 aliphatic carbocycles. The Labute approximate surface area is 69.7 Å². The summed E-state index contributed by atoms with van der Waals surface area (Å²) in [7, 11) is 0. The first-order valence-corrected chi connectivity index (χ1v) is 3.55. The molecule has 5 heteroatoms. The van der Waals surface area contributed by atoms with Crippen molar-refractivity contribution in [3.63, 3.8) is 0 Å². The molecular formula is C7H10N2O3. The number of hydrogen-bond acceptors (Lipinski definition) is 3. The summed E-state index contributed by atoms with van der Waals surface area (Å²) in [6.45, 7) is 3.36. The maximum atomic E-state index is 10.9. The monoisotopic (exact) mass is 170 g/mol. The Bertz CT molecular complexity index is 211. The van der Waals surface area contributed by atoms with Gasteiger partial charge < -0.3 is 10.4 Å². The van der Waals surface area contributed by atoms with Crippen LogP contribution in [0, 0.1) is 0 Å². The van der Waals surface area contributed by atoms with Crippen LogP contribution in [0.1, 0.15) is 6.42 Å². The van der Waals surface area contributed by atoms with Crippen molar-refractivity contribution in [2.75, 3.05) is 6.54 Å². The van der Waals surface area contributed by atoms with E-state index in [4.69, 9.17) is 0 Å². The van der Waals surface area contributed by atoms with Gasteiger partial charge in [-0.25, -0.2) is 9.69 Å². The minimum absolute atomic E-state index is 0.0347. The zero-order valence-corrected chi connectivity index (χ0v) is 6.49. The van der Waals surface area contributed by atoms with E-state index in [9.17, 15) is 14.7 Å². The van der Waals surface area contributed by atoms with Crippen LogP contribution in [0.4, 0.5) is 4.79 Å². The first kappa shape index (κ1) is 8.73. The Morgan fingerprint density at radius 2 is 2.42 bits per heavy atom. The molecule has 66 valence electrons. The molecule has 1 saturated heterocycles. The zero-order chi connectivity index (χ0) is 9.14. The lowest BCUT2D eigenvalue weighted by Crippen LogP contribution is -2.40. The fourth-order valence-corrected chi connectivity index (χ4v) is 0.991. The van der Waals surface area contributed by atoms with Crippen LogP contribution >= 0.6 is 0 Å². The van der Waals surface area contributed by atoms with Crippen LogP contribution in [0.5, 0.6) is 0 Å². The standard InChI is InChI=1S/C7H10N2O3/c1-2-3-5(10)9-6(11)4-8-7(9)12/h2,5,10H,1,3-4H2,(H,8,12). The summed E-state index contributed by atoms with van der Waals surface area (Å²) < 4.78 is 0. The third-order valence-electron chi connectivity index (χ3n) is 1.55. The highest BCUT2D eigenvalue weighted by molar-refractivity contribution is 6.02. The molecule has 0 spiro atoms. The summed E-state index contributed by atoms with van der Waals surface area (Å²) in [6.07, 6.45) is 0.556. The van der Waals surface area contributed by atoms with Gasteiger partial charge in [0, 0.05) is 6.42 Å². The van der Waals surface area contributed by atoms with Crippen LogP contribution in [-0.4, -0.2) is 34.7 Å². The summed E-state index contributed by atoms with van der Waals surface area (Å²) in [5.41, 5.74) is 0. The van der Waals surface area contributed by atoms with Gasteiger partial charge in [0.05, 0.1) is 6.54 Å². The fourth-order valence-electron chi connectivity index (χ4n) is 0.991. The third-order valence-corrected chi connectivity index (χ3v) is 1.55. The van der Waals surface area contributed by atoms with Crippen molar-refractivity contribution < 1.29 is 14.7 Å². The number of carbonyl (C=O) groups excluding carboxylic acids is 2. The first-order valence-electron chi connectivity index (χ1n) is 3.55. The summed E-state index contributed by atoms with van der Waals surface area (Å²) in [4.78, 5) is 22.6. The molecule has 1 rings (SSSR count). The lowest BCUT2D eigenvalue weighted by atomic mass is 10.3. The maximum Gasteiger partial charge on any atom is 0.326 e. The number of aliphatic hydroxyl groups is 1. The second kappa shape index (κ2) is 3.36. The number of rotatable bonds is 3. The number of nitrogens with one attached hydrogen (secondary N) is 1. The Morgan fingerprint density at radius 1 is 1.75 bits per heavy atom. The highest BCUT2D eigenvalue weighted by Crippen LogP contribution is 2.06. The van der Waals surface area contributed by atoms with Gasteiger partial charge in [-0.3, -0.25) is 4.79 Å². The number of carbonyl (C=O) groups is 2. The molecule has 1 fully saturated rings. The van der Waals surface area contributed by atoms with Crippen LogP contribution in [0.2, 0.25) is 0 Å². The molecule has 0 bridgehead atoms. The molecule has 0 aromatic rings. The Hall–Kier alpha value is -1.36. The van der Waals surface area contributed by atoms with Gasteiger partial charge in [-0.1, -0.05) is 6.08 Å². The second-order valence-corrected chi connectivity index (χ2v) is 2.43. The molecule has 0 saturated carbocycles. The molecule has 0 aromatic carbocycles. The quantitative estimate of drug-likeness (QED) is 0.440. The Balaban J connectivity index is 2.65. The van der Waals surface area contributed by atoms with Crippen LogP contribution < -0.4 is 5.32 Å². The first-order chi connectivity index (χ1) is 5.66. The topological polar surface area (TPSA) is 69.6 Å². The van der Waals surface area contributed by atoms with Gasteiger partial charge >= 0.3 is 6.03 Å². The highest BCUT2D eigenvalue weighted by Gasteiger charge is 2.32. The lowest BCUT2D eigenvalue weighted by molar-refractivity contribution is -0.131. The average Bonchev–Trinajstić information content (AvgIpc) is 2.32. The minimum Gasteiger partial charge on any atom is -0.373 e. The summed E-state index contributed by atoms with van der Waals surface area (Å²) >= 11 is 0. The third kappa shape index (κ3) is 1.45. The predicted molar refractivity (Wildman–Crippen MR) is 41.1 cm³/mol. The maximum absolute atomic E-state index is 10.9. The van der Waals surface area contributed by atoms with Gasteiger partial charge in [-0.05, 0) is 0 Å². The summed E-state index contributed by atoms with van der Waals surface area (Å²) in [5.74, 6) is -0.408. The molecule has 5 nitrogen and oxygen atoms in total. The minimum atomic E-state index is -1.09. The summed E-state index contributed by atoms with van der Waals surface area (Å²) in [6, 6.07) is -0.547. The van der Waals surface area contributed by atoms with E-state index in [2.05, 4.69) is 11.9 Å². The molecule has 2 N–H and O–H groups in total. The number of hydrogen-bond donors (Lipinski definition) is 2. The number of imide groups is 1. The fraction of sp³-hybridized carbons (Fsp3) is 0.429. The van der Waals surface area contributed by atoms with E-state index in [1.165, 1.54) is 6.08 Å². The Kier molecular flexibility index (Phi) is 2.44. The van der Waals surface area contributed by atoms with Crippen LogP contribution in [0.15, 0.2) is 12.7 Å². The van der Waals surface area contributed by atoms with Crippen molar-refractivity contribution in [2.45, 2.75) is 12.6 Å². The van der Waals surface area contributed by atoms with Crippen LogP contribution in [0.3, 0.4) is 0 Å². The van der Waals surface area contributed by atoms with Crippen molar-refractivity contribution in [1.29, 1.82) is 0 Å². The smallest absolute Gasteiger partial charge is 0.326 e. The average molecular weight is 170 g/mol. The highest BCUT2D eigenvalue weighted by atomic mass is 16.3. The Morgan fingerprint density at radius 3 is 2.83 bits per heavy atom. The van der Waals surface area contributed by atoms with E-state index in [1.807, 2.05) is 0 Å². The zero-order valence-electron chi connectivity index (χ0n) is 6.49. The number of nitrogens with zero attached hydrogens (tertiary/aromatic N) is 1. The molecule has 0 radical (unpaired) electrons. The van der Waals surface area contributed by atoms with Gasteiger partial charge in [0.15, 0.2) is 0 Å². The molecule has 1 aliphatic rings. The van der Waals surface area contributed by atoms with Crippen molar-refractivity contribution >= 4 is 11.9 Å². The van der Waals surface area contributed by atoms with E-state index < -0.39 is 18.2 Å². The van der Waals surface area contributed by atoms with Gasteiger partial charge in [-0.15, -0.1) is 6.58 Å². The molecule has 1 unspecified atom stereocenters. The van der Waals surface area contributed by atoms with Crippen LogP contribution in [0.25, 0.3) is 0 Å². The van der Waals surface area contributed by atoms with E-state index in [0.717, 1.165) is 4.90 Å². The van der Waals surface area contributed by atoms with Gasteiger partial charge in [0.1, 0.15) is 6.23 Å². The second-order valence-electron chi connectivity index (χ2n) is 2.43. The van der Waals surface area contributed by atoms with Gasteiger partial charge in [0.25, 0.3) is 5.91 Å². The molecule has 1 atom stereocenters. The van der Waals surface area contributed by atoms with Gasteiger partial charge in [-0.2, -0.15) is 0 Å². The van der Waals surface area contributed by atoms with E-state index >= 15 is 0 Å². The molecule has 1 aliphatic heterocycles. The predicted octanol–water partition coefficient (Wildman–Crippen LogP) is -0.567. The number of aliphatic hydroxyl groups excluding tert-OH is 1. The van der Waals surface area contributed by atoms with Crippen molar-refractivity contribution in [3.8, 4) is 0 Å². The SMILES string of the molecule is C=CCC(O)N1C(=O)CNC1=O. The summed E-state index contributed by atoms with van der Waals surface area (Å²) in [5, 5.41) is 11.6.